The summed E-state index contributed by atoms with van der Waals surface area (Å²) in [4.78, 5) is 22.0. The Labute approximate surface area is 105 Å². The Bertz CT molecular complexity index is 524. The lowest BCUT2D eigenvalue weighted by Crippen LogP contribution is -2.13. The summed E-state index contributed by atoms with van der Waals surface area (Å²) < 4.78 is 7.08. The molecule has 1 fully saturated rings. The number of aromatic carboxylic acids is 1. The van der Waals surface area contributed by atoms with Crippen LogP contribution in [0.25, 0.3) is 0 Å². The van der Waals surface area contributed by atoms with E-state index in [1.807, 2.05) is 0 Å². The minimum absolute atomic E-state index is 0.148. The first-order valence-electron chi connectivity index (χ1n) is 4.83. The van der Waals surface area contributed by atoms with Crippen LogP contribution < -0.4 is 0 Å². The smallest absolute Gasteiger partial charge is 0.377 e. The highest BCUT2D eigenvalue weighted by Gasteiger charge is 2.23. The molecule has 0 aromatic heterocycles. The van der Waals surface area contributed by atoms with Gasteiger partial charge in [0.2, 0.25) is 6.54 Å². The van der Waals surface area contributed by atoms with Crippen molar-refractivity contribution in [2.45, 2.75) is 0 Å². The third-order valence-corrected chi connectivity index (χ3v) is 2.78. The van der Waals surface area contributed by atoms with Crippen LogP contribution in [0.1, 0.15) is 15.9 Å². The molecule has 6 heteroatoms. The molecule has 2 rings (SSSR count). The fraction of sp³-hybridized carbons (Fsp3) is 0.182. The van der Waals surface area contributed by atoms with Crippen molar-refractivity contribution in [2.24, 2.45) is 0 Å². The highest BCUT2D eigenvalue weighted by molar-refractivity contribution is 9.10. The Morgan fingerprint density at radius 2 is 2.29 bits per heavy atom. The second-order valence-electron chi connectivity index (χ2n) is 3.56. The van der Waals surface area contributed by atoms with E-state index in [-0.39, 0.29) is 24.8 Å². The van der Waals surface area contributed by atoms with Crippen LogP contribution in [0.3, 0.4) is 0 Å². The number of halogens is 1. The van der Waals surface area contributed by atoms with E-state index in [1.54, 1.807) is 22.9 Å². The van der Waals surface area contributed by atoms with E-state index in [9.17, 15) is 9.59 Å². The maximum absolute atomic E-state index is 11.1. The molecule has 88 valence electrons. The van der Waals surface area contributed by atoms with Gasteiger partial charge in [0.05, 0.1) is 11.1 Å². The highest BCUT2D eigenvalue weighted by Crippen LogP contribution is 2.15. The molecule has 0 unspecified atom stereocenters. The number of hydrogen-bond acceptors (Lipinski definition) is 3. The van der Waals surface area contributed by atoms with Crippen molar-refractivity contribution in [3.8, 4) is 0 Å². The number of carboxylic acid groups (broad SMARTS) is 1. The second-order valence-corrected chi connectivity index (χ2v) is 4.47. The van der Waals surface area contributed by atoms with Crippen LogP contribution in [-0.4, -0.2) is 41.1 Å². The van der Waals surface area contributed by atoms with Gasteiger partial charge in [-0.1, -0.05) is 15.9 Å². The van der Waals surface area contributed by atoms with Crippen molar-refractivity contribution in [3.05, 3.63) is 33.8 Å². The van der Waals surface area contributed by atoms with Gasteiger partial charge in [0, 0.05) is 4.47 Å². The topological polar surface area (TPSA) is 66.6 Å². The van der Waals surface area contributed by atoms with Gasteiger partial charge in [-0.05, 0) is 18.2 Å². The fourth-order valence-corrected chi connectivity index (χ4v) is 1.88. The van der Waals surface area contributed by atoms with Gasteiger partial charge in [0.25, 0.3) is 6.73 Å². The van der Waals surface area contributed by atoms with Crippen LogP contribution in [-0.2, 0) is 9.53 Å². The van der Waals surface area contributed by atoms with E-state index >= 15 is 0 Å². The van der Waals surface area contributed by atoms with Crippen molar-refractivity contribution in [3.63, 3.8) is 0 Å². The Morgan fingerprint density at radius 3 is 2.88 bits per heavy atom. The summed E-state index contributed by atoms with van der Waals surface area (Å²) in [6, 6.07) is 4.94. The number of esters is 1. The fourth-order valence-electron chi connectivity index (χ4n) is 1.52. The third-order valence-electron chi connectivity index (χ3n) is 2.29. The summed E-state index contributed by atoms with van der Waals surface area (Å²) in [6.45, 7) is 0.309. The zero-order chi connectivity index (χ0) is 12.4. The number of benzene rings is 1. The molecule has 1 aliphatic heterocycles. The summed E-state index contributed by atoms with van der Waals surface area (Å²) in [7, 11) is 0. The predicted molar refractivity (Wildman–Crippen MR) is 62.4 cm³/mol. The molecule has 0 atom stereocenters. The van der Waals surface area contributed by atoms with Crippen LogP contribution in [0.5, 0.6) is 0 Å². The molecule has 0 aliphatic carbocycles. The Balaban J connectivity index is 2.38. The first-order chi connectivity index (χ1) is 8.06. The van der Waals surface area contributed by atoms with Crippen molar-refractivity contribution in [1.29, 1.82) is 0 Å². The van der Waals surface area contributed by atoms with Gasteiger partial charge in [-0.2, -0.15) is 4.58 Å². The van der Waals surface area contributed by atoms with Crippen molar-refractivity contribution in [1.82, 2.24) is 0 Å². The molecule has 1 N–H and O–H groups in total. The Hall–Kier alpha value is -1.69. The third kappa shape index (κ3) is 2.71. The number of carboxylic acids is 1. The second kappa shape index (κ2) is 4.67. The lowest BCUT2D eigenvalue weighted by atomic mass is 10.1. The van der Waals surface area contributed by atoms with E-state index in [0.717, 1.165) is 0 Å². The van der Waals surface area contributed by atoms with Crippen LogP contribution >= 0.6 is 15.9 Å². The van der Waals surface area contributed by atoms with Crippen LogP contribution in [0, 0.1) is 0 Å². The molecule has 1 aromatic carbocycles. The molecule has 1 saturated heterocycles. The standard InChI is InChI=1S/C11H8BrNO4/c12-8-2-1-7(9(3-8)11(15)16)4-13-5-10(14)17-6-13/h1-4H,5-6H2/p+1/b13-4+. The lowest BCUT2D eigenvalue weighted by Gasteiger charge is -2.00. The predicted octanol–water partition coefficient (Wildman–Crippen LogP) is 1.09. The molecule has 0 saturated carbocycles. The molecule has 0 amide bonds. The zero-order valence-corrected chi connectivity index (χ0v) is 10.3. The van der Waals surface area contributed by atoms with Gasteiger partial charge in [0.15, 0.2) is 6.21 Å². The zero-order valence-electron chi connectivity index (χ0n) is 8.72. The maximum atomic E-state index is 11.1. The number of ether oxygens (including phenoxy) is 1. The molecule has 0 bridgehead atoms. The lowest BCUT2D eigenvalue weighted by molar-refractivity contribution is -0.519. The summed E-state index contributed by atoms with van der Waals surface area (Å²) in [6.07, 6.45) is 1.61. The number of cyclic esters (lactones) is 1. The van der Waals surface area contributed by atoms with Crippen molar-refractivity contribution < 1.29 is 24.0 Å². The molecular formula is C11H9BrNO4+. The minimum Gasteiger partial charge on any atom is -0.478 e. The minimum atomic E-state index is -1.01. The monoisotopic (exact) mass is 298 g/mol. The number of carbonyl (C=O) groups excluding carboxylic acids is 1. The van der Waals surface area contributed by atoms with E-state index in [4.69, 9.17) is 9.84 Å². The van der Waals surface area contributed by atoms with Gasteiger partial charge >= 0.3 is 11.9 Å². The van der Waals surface area contributed by atoms with Crippen molar-refractivity contribution >= 4 is 34.1 Å². The Kier molecular flexibility index (Phi) is 3.23. The summed E-state index contributed by atoms with van der Waals surface area (Å²) in [5.41, 5.74) is 0.720. The van der Waals surface area contributed by atoms with Gasteiger partial charge in [-0.3, -0.25) is 0 Å². The first-order valence-corrected chi connectivity index (χ1v) is 5.63. The van der Waals surface area contributed by atoms with E-state index in [1.165, 1.54) is 6.07 Å². The molecular weight excluding hydrogens is 290 g/mol. The number of nitrogens with zero attached hydrogens (tertiary/aromatic N) is 1. The molecule has 0 spiro atoms. The summed E-state index contributed by atoms with van der Waals surface area (Å²) >= 11 is 3.22. The molecule has 1 aliphatic rings. The van der Waals surface area contributed by atoms with Gasteiger partial charge in [-0.25, -0.2) is 9.59 Å². The van der Waals surface area contributed by atoms with Crippen LogP contribution in [0.15, 0.2) is 22.7 Å². The molecule has 1 heterocycles. The van der Waals surface area contributed by atoms with Gasteiger partial charge in [0.1, 0.15) is 0 Å². The molecule has 1 aromatic rings. The number of carbonyl (C=O) groups is 2. The average Bonchev–Trinajstić information content (AvgIpc) is 2.66. The number of hydrogen-bond donors (Lipinski definition) is 1. The van der Waals surface area contributed by atoms with E-state index in [2.05, 4.69) is 15.9 Å². The van der Waals surface area contributed by atoms with E-state index < -0.39 is 5.97 Å². The highest BCUT2D eigenvalue weighted by atomic mass is 79.9. The van der Waals surface area contributed by atoms with E-state index in [0.29, 0.717) is 10.0 Å². The van der Waals surface area contributed by atoms with Crippen LogP contribution in [0.2, 0.25) is 0 Å². The molecule has 5 nitrogen and oxygen atoms in total. The molecule has 0 radical (unpaired) electrons. The van der Waals surface area contributed by atoms with Gasteiger partial charge in [-0.15, -0.1) is 0 Å². The summed E-state index contributed by atoms with van der Waals surface area (Å²) in [5, 5.41) is 9.06. The normalized spacial score (nSPS) is 17.2. The molecule has 17 heavy (non-hydrogen) atoms. The van der Waals surface area contributed by atoms with Crippen molar-refractivity contribution in [2.75, 3.05) is 13.3 Å². The maximum Gasteiger partial charge on any atom is 0.377 e. The summed E-state index contributed by atoms with van der Waals surface area (Å²) in [5.74, 6) is -1.32. The largest absolute Gasteiger partial charge is 0.478 e. The SMILES string of the molecule is O=C1C/[N+](=C\c2ccc(Br)cc2C(=O)O)CO1. The van der Waals surface area contributed by atoms with Crippen LogP contribution in [0.4, 0.5) is 0 Å². The Morgan fingerprint density at radius 1 is 1.53 bits per heavy atom. The quantitative estimate of drug-likeness (QED) is 0.656. The average molecular weight is 299 g/mol. The number of rotatable bonds is 2. The first kappa shape index (κ1) is 11.8. The van der Waals surface area contributed by atoms with Gasteiger partial charge < -0.3 is 9.84 Å².